The van der Waals surface area contributed by atoms with Gasteiger partial charge in [-0.3, -0.25) is 10.1 Å². The molecule has 0 amide bonds. The van der Waals surface area contributed by atoms with Gasteiger partial charge < -0.3 is 5.11 Å². The Labute approximate surface area is 150 Å². The average molecular weight is 354 g/mol. The van der Waals surface area contributed by atoms with Crippen LogP contribution in [-0.2, 0) is 4.79 Å². The van der Waals surface area contributed by atoms with E-state index in [4.69, 9.17) is 0 Å². The number of benzene rings is 2. The lowest BCUT2D eigenvalue weighted by Gasteiger charge is -2.04. The predicted octanol–water partition coefficient (Wildman–Crippen LogP) is 5.21. The van der Waals surface area contributed by atoms with E-state index in [1.165, 1.54) is 24.3 Å². The molecule has 0 heterocycles. The molecule has 0 saturated heterocycles. The Balaban J connectivity index is 2.11. The van der Waals surface area contributed by atoms with Crippen LogP contribution < -0.4 is 0 Å². The summed E-state index contributed by atoms with van der Waals surface area (Å²) in [6.07, 6.45) is 0.386. The van der Waals surface area contributed by atoms with Gasteiger partial charge in [0.15, 0.2) is 0 Å². The fraction of sp³-hybridized carbons (Fsp3) is 0.222. The number of hydrogen-bond donors (Lipinski definition) is 1. The first-order valence-electron chi connectivity index (χ1n) is 7.92. The number of non-ortho nitro benzene ring substituents is 1. The first-order valence-corrected chi connectivity index (χ1v) is 7.92. The minimum absolute atomic E-state index is 0.0122. The third-order valence-electron chi connectivity index (χ3n) is 3.30. The standard InChI is InChI=1S/C18H18N4O4/c1-12(2)11-17(18(23)24)19-13-3-5-14(6-4-13)20-21-15-7-9-16(10-8-15)22(25)26/h3-10,12H,11H2,1-2H3,(H,23,24). The van der Waals surface area contributed by atoms with Gasteiger partial charge in [0.25, 0.3) is 5.69 Å². The fourth-order valence-corrected chi connectivity index (χ4v) is 2.07. The molecule has 2 aromatic carbocycles. The molecule has 0 atom stereocenters. The van der Waals surface area contributed by atoms with Gasteiger partial charge in [0.05, 0.1) is 22.0 Å². The Morgan fingerprint density at radius 2 is 1.46 bits per heavy atom. The SMILES string of the molecule is CC(C)CC(=Nc1ccc(N=Nc2ccc([N+](=O)[O-])cc2)cc1)C(=O)O. The Morgan fingerprint density at radius 1 is 1.00 bits per heavy atom. The summed E-state index contributed by atoms with van der Waals surface area (Å²) < 4.78 is 0. The molecule has 0 aliphatic heterocycles. The highest BCUT2D eigenvalue weighted by Gasteiger charge is 2.11. The lowest BCUT2D eigenvalue weighted by Crippen LogP contribution is -2.15. The summed E-state index contributed by atoms with van der Waals surface area (Å²) >= 11 is 0. The quantitative estimate of drug-likeness (QED) is 0.317. The minimum atomic E-state index is -1.03. The van der Waals surface area contributed by atoms with Crippen molar-refractivity contribution in [2.45, 2.75) is 20.3 Å². The average Bonchev–Trinajstić information content (AvgIpc) is 2.60. The molecule has 1 N–H and O–H groups in total. The molecule has 0 aromatic heterocycles. The third-order valence-corrected chi connectivity index (χ3v) is 3.30. The van der Waals surface area contributed by atoms with Crippen molar-refractivity contribution in [3.8, 4) is 0 Å². The van der Waals surface area contributed by atoms with Gasteiger partial charge in [-0.15, -0.1) is 0 Å². The summed E-state index contributed by atoms with van der Waals surface area (Å²) in [5.41, 5.74) is 1.67. The van der Waals surface area contributed by atoms with E-state index >= 15 is 0 Å². The molecule has 134 valence electrons. The van der Waals surface area contributed by atoms with Crippen LogP contribution in [0.4, 0.5) is 22.7 Å². The van der Waals surface area contributed by atoms with Gasteiger partial charge in [0, 0.05) is 12.1 Å². The van der Waals surface area contributed by atoms with Gasteiger partial charge in [-0.25, -0.2) is 9.79 Å². The van der Waals surface area contributed by atoms with Crippen molar-refractivity contribution in [1.29, 1.82) is 0 Å². The van der Waals surface area contributed by atoms with E-state index in [2.05, 4.69) is 15.2 Å². The highest BCUT2D eigenvalue weighted by Crippen LogP contribution is 2.23. The maximum Gasteiger partial charge on any atom is 0.350 e. The van der Waals surface area contributed by atoms with Gasteiger partial charge in [-0.1, -0.05) is 13.8 Å². The van der Waals surface area contributed by atoms with E-state index in [0.717, 1.165) is 0 Å². The van der Waals surface area contributed by atoms with Crippen LogP contribution in [0, 0.1) is 16.0 Å². The molecular formula is C18H18N4O4. The van der Waals surface area contributed by atoms with Crippen LogP contribution in [0.5, 0.6) is 0 Å². The third kappa shape index (κ3) is 5.59. The number of nitro benzene ring substituents is 1. The van der Waals surface area contributed by atoms with E-state index in [9.17, 15) is 20.0 Å². The number of nitro groups is 1. The van der Waals surface area contributed by atoms with Crippen LogP contribution in [0.1, 0.15) is 20.3 Å². The molecule has 8 nitrogen and oxygen atoms in total. The maximum atomic E-state index is 11.2. The topological polar surface area (TPSA) is 118 Å². The fourth-order valence-electron chi connectivity index (χ4n) is 2.07. The zero-order valence-electron chi connectivity index (χ0n) is 14.4. The molecule has 0 radical (unpaired) electrons. The van der Waals surface area contributed by atoms with E-state index in [1.807, 2.05) is 13.8 Å². The van der Waals surface area contributed by atoms with Gasteiger partial charge in [-0.05, 0) is 48.7 Å². The zero-order chi connectivity index (χ0) is 19.1. The maximum absolute atomic E-state index is 11.2. The smallest absolute Gasteiger partial charge is 0.350 e. The van der Waals surface area contributed by atoms with E-state index in [1.54, 1.807) is 24.3 Å². The molecule has 0 aliphatic carbocycles. The van der Waals surface area contributed by atoms with Crippen molar-refractivity contribution in [2.24, 2.45) is 21.1 Å². The van der Waals surface area contributed by atoms with Crippen molar-refractivity contribution in [1.82, 2.24) is 0 Å². The monoisotopic (exact) mass is 354 g/mol. The first-order chi connectivity index (χ1) is 12.3. The Hall–Kier alpha value is -3.42. The predicted molar refractivity (Wildman–Crippen MR) is 97.9 cm³/mol. The molecule has 0 aliphatic rings. The molecule has 8 heteroatoms. The van der Waals surface area contributed by atoms with Crippen LogP contribution in [0.2, 0.25) is 0 Å². The number of aliphatic imine (C=N–C) groups is 1. The number of aliphatic carboxylic acids is 1. The van der Waals surface area contributed by atoms with Crippen molar-refractivity contribution in [3.63, 3.8) is 0 Å². The van der Waals surface area contributed by atoms with E-state index in [-0.39, 0.29) is 17.3 Å². The summed E-state index contributed by atoms with van der Waals surface area (Å²) in [5, 5.41) is 27.9. The Morgan fingerprint density at radius 3 is 1.88 bits per heavy atom. The molecule has 2 aromatic rings. The summed E-state index contributed by atoms with van der Waals surface area (Å²) in [5.74, 6) is -0.833. The van der Waals surface area contributed by atoms with Crippen molar-refractivity contribution >= 4 is 34.4 Å². The van der Waals surface area contributed by atoms with Crippen LogP contribution in [0.3, 0.4) is 0 Å². The number of hydrogen-bond acceptors (Lipinski definition) is 6. The largest absolute Gasteiger partial charge is 0.477 e. The second-order valence-electron chi connectivity index (χ2n) is 5.95. The van der Waals surface area contributed by atoms with Crippen molar-refractivity contribution in [2.75, 3.05) is 0 Å². The molecule has 2 rings (SSSR count). The lowest BCUT2D eigenvalue weighted by atomic mass is 10.1. The molecule has 0 unspecified atom stereocenters. The summed E-state index contributed by atoms with van der Waals surface area (Å²) in [4.78, 5) is 25.5. The van der Waals surface area contributed by atoms with Crippen LogP contribution in [-0.4, -0.2) is 21.7 Å². The number of carboxylic acids is 1. The second-order valence-corrected chi connectivity index (χ2v) is 5.95. The van der Waals surface area contributed by atoms with Crippen LogP contribution >= 0.6 is 0 Å². The molecule has 26 heavy (non-hydrogen) atoms. The summed E-state index contributed by atoms with van der Waals surface area (Å²) in [7, 11) is 0. The molecule has 0 spiro atoms. The zero-order valence-corrected chi connectivity index (χ0v) is 14.4. The summed E-state index contributed by atoms with van der Waals surface area (Å²) in [6.45, 7) is 3.86. The number of rotatable bonds is 7. The number of azo groups is 1. The van der Waals surface area contributed by atoms with E-state index < -0.39 is 10.9 Å². The molecular weight excluding hydrogens is 336 g/mol. The van der Waals surface area contributed by atoms with Crippen LogP contribution in [0.25, 0.3) is 0 Å². The normalized spacial score (nSPS) is 11.9. The van der Waals surface area contributed by atoms with Gasteiger partial charge in [0.1, 0.15) is 5.71 Å². The molecule has 0 fully saturated rings. The van der Waals surface area contributed by atoms with Crippen molar-refractivity contribution < 1.29 is 14.8 Å². The number of carbonyl (C=O) groups is 1. The van der Waals surface area contributed by atoms with Gasteiger partial charge >= 0.3 is 5.97 Å². The van der Waals surface area contributed by atoms with Crippen LogP contribution in [0.15, 0.2) is 63.8 Å². The van der Waals surface area contributed by atoms with Gasteiger partial charge in [0.2, 0.25) is 0 Å². The van der Waals surface area contributed by atoms with Crippen molar-refractivity contribution in [3.05, 3.63) is 58.6 Å². The molecule has 0 bridgehead atoms. The highest BCUT2D eigenvalue weighted by atomic mass is 16.6. The number of nitrogens with zero attached hydrogens (tertiary/aromatic N) is 4. The lowest BCUT2D eigenvalue weighted by molar-refractivity contribution is -0.384. The van der Waals surface area contributed by atoms with Gasteiger partial charge in [-0.2, -0.15) is 10.2 Å². The second kappa shape index (κ2) is 8.61. The number of carboxylic acid groups (broad SMARTS) is 1. The van der Waals surface area contributed by atoms with E-state index in [0.29, 0.717) is 23.5 Å². The minimum Gasteiger partial charge on any atom is -0.477 e. The Bertz CT molecular complexity index is 840. The molecule has 0 saturated carbocycles. The first kappa shape index (κ1) is 18.9. The Kier molecular flexibility index (Phi) is 6.26. The summed E-state index contributed by atoms with van der Waals surface area (Å²) in [6, 6.07) is 12.4. The highest BCUT2D eigenvalue weighted by molar-refractivity contribution is 6.36.